The van der Waals surface area contributed by atoms with E-state index in [1.165, 1.54) is 10.9 Å². The van der Waals surface area contributed by atoms with Gasteiger partial charge >= 0.3 is 11.9 Å². The molecule has 0 aliphatic carbocycles. The molecule has 164 valence electrons. The standard InChI is InChI=1S/C21H21N7O4/c1-5-32-20(31)19(30)23-16-9-12(3)26-28(16)21-24-17-14(18(29)25-21)10-22-27(17)15-8-6-7-11(2)13(15)4/h6-10H,5H2,1-4H3,(H,23,30)(H,24,25,29). The molecule has 0 radical (unpaired) electrons. The number of aromatic nitrogens is 6. The van der Waals surface area contributed by atoms with Crippen molar-refractivity contribution < 1.29 is 14.3 Å². The molecule has 0 aliphatic heterocycles. The first-order valence-corrected chi connectivity index (χ1v) is 9.90. The first kappa shape index (κ1) is 21.0. The zero-order valence-corrected chi connectivity index (χ0v) is 18.0. The van der Waals surface area contributed by atoms with Gasteiger partial charge in [-0.25, -0.2) is 9.48 Å². The Kier molecular flexibility index (Phi) is 5.31. The summed E-state index contributed by atoms with van der Waals surface area (Å²) < 4.78 is 7.55. The molecule has 11 nitrogen and oxygen atoms in total. The van der Waals surface area contributed by atoms with E-state index in [9.17, 15) is 14.4 Å². The molecule has 0 saturated heterocycles. The molecule has 0 aliphatic rings. The molecule has 0 unspecified atom stereocenters. The fourth-order valence-electron chi connectivity index (χ4n) is 3.26. The van der Waals surface area contributed by atoms with Crippen molar-refractivity contribution in [3.63, 3.8) is 0 Å². The number of benzene rings is 1. The van der Waals surface area contributed by atoms with Crippen LogP contribution >= 0.6 is 0 Å². The minimum Gasteiger partial charge on any atom is -0.459 e. The molecule has 1 aromatic carbocycles. The molecule has 11 heteroatoms. The Balaban J connectivity index is 1.83. The van der Waals surface area contributed by atoms with E-state index in [0.29, 0.717) is 16.7 Å². The Bertz CT molecular complexity index is 1410. The second kappa shape index (κ2) is 8.10. The topological polar surface area (TPSA) is 137 Å². The van der Waals surface area contributed by atoms with Crippen LogP contribution in [0.5, 0.6) is 0 Å². The molecule has 32 heavy (non-hydrogen) atoms. The molecule has 1 amide bonds. The van der Waals surface area contributed by atoms with Crippen LogP contribution < -0.4 is 10.9 Å². The number of nitrogens with zero attached hydrogens (tertiary/aromatic N) is 5. The summed E-state index contributed by atoms with van der Waals surface area (Å²) in [6.45, 7) is 7.32. The number of fused-ring (bicyclic) bond motifs is 1. The van der Waals surface area contributed by atoms with Gasteiger partial charge in [-0.15, -0.1) is 0 Å². The maximum atomic E-state index is 12.8. The predicted molar refractivity (Wildman–Crippen MR) is 116 cm³/mol. The number of rotatable bonds is 4. The van der Waals surface area contributed by atoms with Gasteiger partial charge in [0.15, 0.2) is 5.65 Å². The predicted octanol–water partition coefficient (Wildman–Crippen LogP) is 1.72. The summed E-state index contributed by atoms with van der Waals surface area (Å²) >= 11 is 0. The zero-order chi connectivity index (χ0) is 23.0. The zero-order valence-electron chi connectivity index (χ0n) is 18.0. The van der Waals surface area contributed by atoms with E-state index >= 15 is 0 Å². The lowest BCUT2D eigenvalue weighted by molar-refractivity contribution is -0.152. The van der Waals surface area contributed by atoms with Crippen molar-refractivity contribution in [3.05, 3.63) is 57.6 Å². The average molecular weight is 435 g/mol. The Morgan fingerprint density at radius 1 is 1.19 bits per heavy atom. The van der Waals surface area contributed by atoms with Gasteiger partial charge in [-0.1, -0.05) is 12.1 Å². The first-order chi connectivity index (χ1) is 15.3. The first-order valence-electron chi connectivity index (χ1n) is 9.90. The number of aryl methyl sites for hydroxylation is 2. The third kappa shape index (κ3) is 3.64. The monoisotopic (exact) mass is 435 g/mol. The van der Waals surface area contributed by atoms with Crippen molar-refractivity contribution >= 4 is 28.7 Å². The second-order valence-electron chi connectivity index (χ2n) is 7.16. The van der Waals surface area contributed by atoms with Gasteiger partial charge in [0.1, 0.15) is 11.2 Å². The number of H-pyrrole nitrogens is 1. The highest BCUT2D eigenvalue weighted by molar-refractivity contribution is 6.37. The Hall–Kier alpha value is -4.28. The number of carbonyl (C=O) groups is 2. The van der Waals surface area contributed by atoms with Crippen molar-refractivity contribution in [2.24, 2.45) is 0 Å². The maximum Gasteiger partial charge on any atom is 0.397 e. The lowest BCUT2D eigenvalue weighted by Gasteiger charge is -2.10. The van der Waals surface area contributed by atoms with Crippen LogP contribution in [-0.4, -0.2) is 48.0 Å². The van der Waals surface area contributed by atoms with E-state index in [4.69, 9.17) is 4.74 Å². The summed E-state index contributed by atoms with van der Waals surface area (Å²) in [5.41, 5.74) is 3.30. The average Bonchev–Trinajstić information content (AvgIpc) is 3.34. The van der Waals surface area contributed by atoms with Gasteiger partial charge in [0, 0.05) is 6.07 Å². The molecule has 0 bridgehead atoms. The smallest absolute Gasteiger partial charge is 0.397 e. The summed E-state index contributed by atoms with van der Waals surface area (Å²) in [6.07, 6.45) is 1.45. The summed E-state index contributed by atoms with van der Waals surface area (Å²) in [7, 11) is 0. The normalized spacial score (nSPS) is 11.0. The van der Waals surface area contributed by atoms with Crippen LogP contribution in [0.2, 0.25) is 0 Å². The van der Waals surface area contributed by atoms with Gasteiger partial charge in [0.2, 0.25) is 5.95 Å². The maximum absolute atomic E-state index is 12.8. The van der Waals surface area contributed by atoms with Crippen LogP contribution in [0, 0.1) is 20.8 Å². The van der Waals surface area contributed by atoms with E-state index in [0.717, 1.165) is 16.8 Å². The summed E-state index contributed by atoms with van der Waals surface area (Å²) in [4.78, 5) is 43.8. The summed E-state index contributed by atoms with van der Waals surface area (Å²) in [5.74, 6) is -1.78. The number of carbonyl (C=O) groups excluding carboxylic acids is 2. The molecule has 0 saturated carbocycles. The van der Waals surface area contributed by atoms with Gasteiger partial charge in [-0.3, -0.25) is 14.6 Å². The van der Waals surface area contributed by atoms with Crippen LogP contribution in [0.15, 0.2) is 35.3 Å². The summed E-state index contributed by atoms with van der Waals surface area (Å²) in [6, 6.07) is 7.32. The van der Waals surface area contributed by atoms with Gasteiger partial charge in [0.25, 0.3) is 5.56 Å². The molecular formula is C21H21N7O4. The lowest BCUT2D eigenvalue weighted by atomic mass is 10.1. The van der Waals surface area contributed by atoms with Crippen LogP contribution in [0.4, 0.5) is 5.82 Å². The summed E-state index contributed by atoms with van der Waals surface area (Å²) in [5, 5.41) is 11.4. The number of aromatic amines is 1. The molecule has 0 fully saturated rings. The van der Waals surface area contributed by atoms with Crippen molar-refractivity contribution in [1.82, 2.24) is 29.5 Å². The SMILES string of the molecule is CCOC(=O)C(=O)Nc1cc(C)nn1-c1nc2c(cnn2-c2cccc(C)c2C)c(=O)[nH]1. The third-order valence-electron chi connectivity index (χ3n) is 4.96. The highest BCUT2D eigenvalue weighted by atomic mass is 16.5. The Morgan fingerprint density at radius 2 is 1.97 bits per heavy atom. The van der Waals surface area contributed by atoms with Crippen LogP contribution in [0.25, 0.3) is 22.7 Å². The number of ether oxygens (including phenoxy) is 1. The van der Waals surface area contributed by atoms with Gasteiger partial charge in [-0.2, -0.15) is 19.9 Å². The van der Waals surface area contributed by atoms with Crippen LogP contribution in [0.3, 0.4) is 0 Å². The molecule has 2 N–H and O–H groups in total. The minimum atomic E-state index is -1.03. The molecule has 3 heterocycles. The molecule has 4 rings (SSSR count). The highest BCUT2D eigenvalue weighted by Crippen LogP contribution is 2.21. The van der Waals surface area contributed by atoms with Crippen molar-refractivity contribution in [1.29, 1.82) is 0 Å². The Labute approximate surface area is 182 Å². The minimum absolute atomic E-state index is 0.0572. The van der Waals surface area contributed by atoms with Crippen molar-refractivity contribution in [2.75, 3.05) is 11.9 Å². The largest absolute Gasteiger partial charge is 0.459 e. The van der Waals surface area contributed by atoms with Crippen LogP contribution in [-0.2, 0) is 14.3 Å². The molecule has 4 aromatic rings. The highest BCUT2D eigenvalue weighted by Gasteiger charge is 2.20. The van der Waals surface area contributed by atoms with Gasteiger partial charge < -0.3 is 10.1 Å². The number of anilines is 1. The van der Waals surface area contributed by atoms with E-state index in [1.54, 1.807) is 24.6 Å². The van der Waals surface area contributed by atoms with E-state index in [2.05, 4.69) is 25.5 Å². The van der Waals surface area contributed by atoms with E-state index in [1.807, 2.05) is 32.0 Å². The number of esters is 1. The fourth-order valence-corrected chi connectivity index (χ4v) is 3.26. The second-order valence-corrected chi connectivity index (χ2v) is 7.16. The Morgan fingerprint density at radius 3 is 2.72 bits per heavy atom. The van der Waals surface area contributed by atoms with Crippen molar-refractivity contribution in [2.45, 2.75) is 27.7 Å². The molecule has 3 aromatic heterocycles. The van der Waals surface area contributed by atoms with Gasteiger partial charge in [-0.05, 0) is 44.9 Å². The number of hydrogen-bond acceptors (Lipinski definition) is 7. The number of hydrogen-bond donors (Lipinski definition) is 2. The molecular weight excluding hydrogens is 414 g/mol. The van der Waals surface area contributed by atoms with Crippen LogP contribution in [0.1, 0.15) is 23.7 Å². The van der Waals surface area contributed by atoms with E-state index in [-0.39, 0.29) is 18.4 Å². The number of amides is 1. The van der Waals surface area contributed by atoms with E-state index < -0.39 is 17.4 Å². The fraction of sp³-hybridized carbons (Fsp3) is 0.238. The van der Waals surface area contributed by atoms with Crippen molar-refractivity contribution in [3.8, 4) is 11.6 Å². The van der Waals surface area contributed by atoms with Gasteiger partial charge in [0.05, 0.1) is 24.2 Å². The quantitative estimate of drug-likeness (QED) is 0.368. The number of nitrogens with one attached hydrogen (secondary N) is 2. The third-order valence-corrected chi connectivity index (χ3v) is 4.96. The lowest BCUT2D eigenvalue weighted by Crippen LogP contribution is -2.26. The molecule has 0 spiro atoms. The molecule has 0 atom stereocenters.